The zero-order chi connectivity index (χ0) is 22.6. The fourth-order valence-corrected chi connectivity index (χ4v) is 4.61. The number of rotatable bonds is 6. The first-order valence-electron chi connectivity index (χ1n) is 10.5. The van der Waals surface area contributed by atoms with Gasteiger partial charge < -0.3 is 10.6 Å². The van der Waals surface area contributed by atoms with Gasteiger partial charge in [-0.3, -0.25) is 14.6 Å². The molecule has 2 aromatic rings. The van der Waals surface area contributed by atoms with E-state index in [1.54, 1.807) is 0 Å². The number of carbonyl (C=O) groups excluding carboxylic acids is 1. The van der Waals surface area contributed by atoms with Crippen molar-refractivity contribution in [2.75, 3.05) is 38.0 Å². The van der Waals surface area contributed by atoms with Crippen molar-refractivity contribution in [3.63, 3.8) is 0 Å². The average molecular weight is 483 g/mol. The number of aryl methyl sites for hydroxylation is 1. The normalized spacial score (nSPS) is 16.2. The molecule has 0 radical (unpaired) electrons. The van der Waals surface area contributed by atoms with E-state index in [9.17, 15) is 4.79 Å². The van der Waals surface area contributed by atoms with E-state index in [0.717, 1.165) is 58.0 Å². The molecule has 1 aromatic carbocycles. The number of carbonyl (C=O) groups is 1. The van der Waals surface area contributed by atoms with Gasteiger partial charge in [-0.15, -0.1) is 5.10 Å². The lowest BCUT2D eigenvalue weighted by atomic mass is 10.1. The minimum atomic E-state index is -0.203. The Morgan fingerprint density at radius 2 is 1.94 bits per heavy atom. The van der Waals surface area contributed by atoms with Crippen LogP contribution in [0.3, 0.4) is 0 Å². The third-order valence-corrected chi connectivity index (χ3v) is 6.56. The second-order valence-corrected chi connectivity index (χ2v) is 11.0. The minimum absolute atomic E-state index is 0.0783. The largest absolute Gasteiger partial charge is 0.350 e. The van der Waals surface area contributed by atoms with Crippen LogP contribution < -0.4 is 10.6 Å². The van der Waals surface area contributed by atoms with Gasteiger partial charge in [0.2, 0.25) is 11.0 Å². The first kappa shape index (κ1) is 24.1. The summed E-state index contributed by atoms with van der Waals surface area (Å²) in [6.45, 7) is 12.7. The van der Waals surface area contributed by atoms with Gasteiger partial charge in [0.1, 0.15) is 0 Å². The standard InChI is InChI=1S/C21H31ClN6OS2/c1-15-6-7-16(12-17(15)22)23-19-25-28(20(30)31-19)14-27-9-5-8-26(10-11-27)13-18(29)24-21(2,3)4/h6-7,12H,5,8-11,13-14H2,1-4H3,(H,23,25)(H,24,29). The highest BCUT2D eigenvalue weighted by atomic mass is 35.5. The molecule has 10 heteroatoms. The smallest absolute Gasteiger partial charge is 0.234 e. The summed E-state index contributed by atoms with van der Waals surface area (Å²) in [7, 11) is 0. The molecule has 1 aromatic heterocycles. The molecule has 0 atom stereocenters. The van der Waals surface area contributed by atoms with Crippen molar-refractivity contribution in [2.24, 2.45) is 0 Å². The average Bonchev–Trinajstić information content (AvgIpc) is 2.84. The van der Waals surface area contributed by atoms with Crippen molar-refractivity contribution in [1.82, 2.24) is 24.9 Å². The molecule has 170 valence electrons. The molecule has 1 aliphatic rings. The summed E-state index contributed by atoms with van der Waals surface area (Å²) in [5.74, 6) is 0.0783. The van der Waals surface area contributed by atoms with Crippen LogP contribution in [-0.2, 0) is 11.5 Å². The first-order valence-corrected chi connectivity index (χ1v) is 12.1. The zero-order valence-electron chi connectivity index (χ0n) is 18.6. The molecule has 0 saturated carbocycles. The summed E-state index contributed by atoms with van der Waals surface area (Å²) in [5, 5.41) is 12.5. The van der Waals surface area contributed by atoms with E-state index in [0.29, 0.717) is 13.2 Å². The van der Waals surface area contributed by atoms with Gasteiger partial charge in [-0.05, 0) is 70.6 Å². The highest BCUT2D eigenvalue weighted by Gasteiger charge is 2.20. The molecule has 2 heterocycles. The molecular formula is C21H31ClN6OS2. The Morgan fingerprint density at radius 1 is 1.23 bits per heavy atom. The van der Waals surface area contributed by atoms with Crippen LogP contribution in [0.15, 0.2) is 18.2 Å². The van der Waals surface area contributed by atoms with Crippen LogP contribution in [0.25, 0.3) is 0 Å². The van der Waals surface area contributed by atoms with E-state index >= 15 is 0 Å². The number of nitrogens with zero attached hydrogens (tertiary/aromatic N) is 4. The lowest BCUT2D eigenvalue weighted by Gasteiger charge is -2.25. The van der Waals surface area contributed by atoms with Gasteiger partial charge in [0.25, 0.3) is 0 Å². The number of nitrogens with one attached hydrogen (secondary N) is 2. The van der Waals surface area contributed by atoms with Crippen LogP contribution >= 0.6 is 35.2 Å². The van der Waals surface area contributed by atoms with Crippen LogP contribution in [0.5, 0.6) is 0 Å². The summed E-state index contributed by atoms with van der Waals surface area (Å²) in [6, 6.07) is 5.85. The van der Waals surface area contributed by atoms with Gasteiger partial charge in [0.15, 0.2) is 3.95 Å². The summed E-state index contributed by atoms with van der Waals surface area (Å²) >= 11 is 13.2. The number of hydrogen-bond acceptors (Lipinski definition) is 7. The van der Waals surface area contributed by atoms with Crippen LogP contribution in [0.2, 0.25) is 5.02 Å². The highest BCUT2D eigenvalue weighted by molar-refractivity contribution is 7.73. The van der Waals surface area contributed by atoms with Crippen molar-refractivity contribution in [3.05, 3.63) is 32.7 Å². The summed E-state index contributed by atoms with van der Waals surface area (Å²) in [5.41, 5.74) is 1.73. The SMILES string of the molecule is Cc1ccc(Nc2nn(CN3CCCN(CC(=O)NC(C)(C)C)CC3)c(=S)s2)cc1Cl. The fourth-order valence-electron chi connectivity index (χ4n) is 3.41. The summed E-state index contributed by atoms with van der Waals surface area (Å²) in [4.78, 5) is 16.8. The van der Waals surface area contributed by atoms with Crippen LogP contribution in [0, 0.1) is 10.9 Å². The van der Waals surface area contributed by atoms with E-state index in [4.69, 9.17) is 23.8 Å². The van der Waals surface area contributed by atoms with Gasteiger partial charge in [-0.2, -0.15) is 0 Å². The summed E-state index contributed by atoms with van der Waals surface area (Å²) < 4.78 is 2.59. The van der Waals surface area contributed by atoms with E-state index in [1.165, 1.54) is 11.3 Å². The molecule has 1 aliphatic heterocycles. The van der Waals surface area contributed by atoms with Crippen LogP contribution in [-0.4, -0.2) is 63.8 Å². The van der Waals surface area contributed by atoms with Crippen molar-refractivity contribution in [1.29, 1.82) is 0 Å². The van der Waals surface area contributed by atoms with Gasteiger partial charge in [-0.25, -0.2) is 4.68 Å². The second-order valence-electron chi connectivity index (χ2n) is 8.95. The Bertz CT molecular complexity index is 968. The number of anilines is 2. The maximum absolute atomic E-state index is 12.2. The van der Waals surface area contributed by atoms with Crippen LogP contribution in [0.4, 0.5) is 10.8 Å². The lowest BCUT2D eigenvalue weighted by molar-refractivity contribution is -0.123. The van der Waals surface area contributed by atoms with Crippen molar-refractivity contribution < 1.29 is 4.79 Å². The third kappa shape index (κ3) is 7.54. The molecule has 1 fully saturated rings. The minimum Gasteiger partial charge on any atom is -0.350 e. The zero-order valence-corrected chi connectivity index (χ0v) is 21.0. The van der Waals surface area contributed by atoms with Crippen molar-refractivity contribution in [2.45, 2.75) is 46.3 Å². The lowest BCUT2D eigenvalue weighted by Crippen LogP contribution is -2.46. The number of amides is 1. The predicted molar refractivity (Wildman–Crippen MR) is 131 cm³/mol. The molecule has 0 unspecified atom stereocenters. The molecule has 0 aliphatic carbocycles. The maximum Gasteiger partial charge on any atom is 0.234 e. The molecule has 0 bridgehead atoms. The van der Waals surface area contributed by atoms with Crippen molar-refractivity contribution >= 4 is 51.9 Å². The van der Waals surface area contributed by atoms with E-state index in [-0.39, 0.29) is 11.4 Å². The van der Waals surface area contributed by atoms with Crippen LogP contribution in [0.1, 0.15) is 32.8 Å². The first-order chi connectivity index (χ1) is 14.6. The van der Waals surface area contributed by atoms with Gasteiger partial charge >= 0.3 is 0 Å². The Balaban J connectivity index is 1.55. The summed E-state index contributed by atoms with van der Waals surface area (Å²) in [6.07, 6.45) is 1.01. The number of aromatic nitrogens is 2. The van der Waals surface area contributed by atoms with Gasteiger partial charge in [0.05, 0.1) is 13.2 Å². The molecule has 1 saturated heterocycles. The van der Waals surface area contributed by atoms with Gasteiger partial charge in [-0.1, -0.05) is 29.0 Å². The number of benzene rings is 1. The Hall–Kier alpha value is -1.52. The third-order valence-electron chi connectivity index (χ3n) is 4.93. The molecule has 3 rings (SSSR count). The van der Waals surface area contributed by atoms with E-state index in [2.05, 4.69) is 25.5 Å². The monoisotopic (exact) mass is 482 g/mol. The van der Waals surface area contributed by atoms with E-state index < -0.39 is 0 Å². The molecule has 7 nitrogen and oxygen atoms in total. The highest BCUT2D eigenvalue weighted by Crippen LogP contribution is 2.25. The number of hydrogen-bond donors (Lipinski definition) is 2. The Kier molecular flexibility index (Phi) is 8.09. The predicted octanol–water partition coefficient (Wildman–Crippen LogP) is 4.26. The Morgan fingerprint density at radius 3 is 2.65 bits per heavy atom. The molecule has 2 N–H and O–H groups in total. The molecule has 31 heavy (non-hydrogen) atoms. The van der Waals surface area contributed by atoms with E-state index in [1.807, 2.05) is 50.6 Å². The molecular weight excluding hydrogens is 452 g/mol. The second kappa shape index (κ2) is 10.4. The van der Waals surface area contributed by atoms with Gasteiger partial charge in [0, 0.05) is 35.9 Å². The Labute approximate surface area is 198 Å². The molecule has 0 spiro atoms. The topological polar surface area (TPSA) is 65.4 Å². The molecule has 1 amide bonds. The fraction of sp³-hybridized carbons (Fsp3) is 0.571. The maximum atomic E-state index is 12.2. The van der Waals surface area contributed by atoms with Crippen molar-refractivity contribution in [3.8, 4) is 0 Å². The quantitative estimate of drug-likeness (QED) is 0.600. The number of halogens is 1.